The summed E-state index contributed by atoms with van der Waals surface area (Å²) in [6, 6.07) is 13.5. The fourth-order valence-corrected chi connectivity index (χ4v) is 2.99. The molecule has 7 heteroatoms. The zero-order valence-electron chi connectivity index (χ0n) is 14.9. The molecule has 1 aliphatic heterocycles. The minimum absolute atomic E-state index is 0.0290. The molecule has 1 heterocycles. The van der Waals surface area contributed by atoms with Crippen LogP contribution < -0.4 is 0 Å². The molecule has 0 saturated carbocycles. The highest BCUT2D eigenvalue weighted by Gasteiger charge is 2.26. The summed E-state index contributed by atoms with van der Waals surface area (Å²) in [6.45, 7) is 0.678. The molecule has 0 aromatic heterocycles. The quantitative estimate of drug-likeness (QED) is 0.725. The number of methoxy groups -OCH3 is 1. The van der Waals surface area contributed by atoms with Crippen molar-refractivity contribution in [1.29, 1.82) is 0 Å². The van der Waals surface area contributed by atoms with Gasteiger partial charge in [0.2, 0.25) is 5.91 Å². The molecule has 0 N–H and O–H groups in total. The van der Waals surface area contributed by atoms with E-state index in [1.54, 1.807) is 29.2 Å². The minimum atomic E-state index is -0.311. The smallest absolute Gasteiger partial charge is 0.248 e. The minimum Gasteiger partial charge on any atom is -0.390 e. The second-order valence-electron chi connectivity index (χ2n) is 6.31. The summed E-state index contributed by atoms with van der Waals surface area (Å²) in [6.07, 6.45) is 0.332. The Hall–Kier alpha value is -2.44. The van der Waals surface area contributed by atoms with E-state index in [4.69, 9.17) is 21.2 Å². The van der Waals surface area contributed by atoms with Gasteiger partial charge < -0.3 is 14.5 Å². The molecule has 2 aromatic carbocycles. The molecule has 0 bridgehead atoms. The Morgan fingerprint density at radius 3 is 2.63 bits per heavy atom. The molecule has 1 amide bonds. The van der Waals surface area contributed by atoms with Gasteiger partial charge in [-0.15, -0.1) is 0 Å². The maximum Gasteiger partial charge on any atom is 0.248 e. The topological polar surface area (TPSA) is 51.1 Å². The largest absolute Gasteiger partial charge is 0.390 e. The van der Waals surface area contributed by atoms with Crippen LogP contribution in [0, 0.1) is 5.82 Å². The fraction of sp³-hybridized carbons (Fsp3) is 0.300. The van der Waals surface area contributed by atoms with E-state index in [0.717, 1.165) is 16.8 Å². The maximum atomic E-state index is 13.1. The van der Waals surface area contributed by atoms with E-state index in [2.05, 4.69) is 5.16 Å². The van der Waals surface area contributed by atoms with Crippen molar-refractivity contribution in [3.05, 3.63) is 70.5 Å². The SMILES string of the molecule is COCC(=O)N(Cc1ccc(F)cc1)CC1CC(c2ccc(Cl)cc2)=NO1. The molecule has 142 valence electrons. The van der Waals surface area contributed by atoms with Crippen molar-refractivity contribution >= 4 is 23.2 Å². The van der Waals surface area contributed by atoms with Crippen molar-refractivity contribution in [3.8, 4) is 0 Å². The predicted molar refractivity (Wildman–Crippen MR) is 101 cm³/mol. The molecule has 0 fully saturated rings. The first-order valence-electron chi connectivity index (χ1n) is 8.55. The van der Waals surface area contributed by atoms with Gasteiger partial charge in [-0.05, 0) is 35.4 Å². The van der Waals surface area contributed by atoms with Gasteiger partial charge in [0.25, 0.3) is 0 Å². The van der Waals surface area contributed by atoms with Crippen molar-refractivity contribution in [1.82, 2.24) is 4.90 Å². The molecule has 1 atom stereocenters. The number of benzene rings is 2. The van der Waals surface area contributed by atoms with Gasteiger partial charge in [0, 0.05) is 25.1 Å². The van der Waals surface area contributed by atoms with Crippen molar-refractivity contribution in [2.24, 2.45) is 5.16 Å². The van der Waals surface area contributed by atoms with Gasteiger partial charge in [0.15, 0.2) is 6.10 Å². The summed E-state index contributed by atoms with van der Waals surface area (Å²) in [4.78, 5) is 19.6. The number of carbonyl (C=O) groups excluding carboxylic acids is 1. The number of halogens is 2. The van der Waals surface area contributed by atoms with Gasteiger partial charge in [-0.1, -0.05) is 41.0 Å². The van der Waals surface area contributed by atoms with Crippen molar-refractivity contribution in [2.45, 2.75) is 19.1 Å². The average Bonchev–Trinajstić information content (AvgIpc) is 3.12. The summed E-state index contributed by atoms with van der Waals surface area (Å²) in [7, 11) is 1.47. The third kappa shape index (κ3) is 5.28. The number of hydrogen-bond donors (Lipinski definition) is 0. The third-order valence-corrected chi connectivity index (χ3v) is 4.49. The molecular weight excluding hydrogens is 371 g/mol. The van der Waals surface area contributed by atoms with Crippen molar-refractivity contribution in [3.63, 3.8) is 0 Å². The van der Waals surface area contributed by atoms with Gasteiger partial charge in [-0.3, -0.25) is 4.79 Å². The number of hydrogen-bond acceptors (Lipinski definition) is 4. The van der Waals surface area contributed by atoms with E-state index in [0.29, 0.717) is 24.5 Å². The Labute approximate surface area is 162 Å². The number of ether oxygens (including phenoxy) is 1. The number of oxime groups is 1. The van der Waals surface area contributed by atoms with Gasteiger partial charge >= 0.3 is 0 Å². The second-order valence-corrected chi connectivity index (χ2v) is 6.75. The van der Waals surface area contributed by atoms with Crippen LogP contribution in [0.2, 0.25) is 5.02 Å². The Kier molecular flexibility index (Phi) is 6.42. The molecule has 0 aliphatic carbocycles. The standard InChI is InChI=1S/C20H20ClFN2O3/c1-26-13-20(25)24(11-14-2-8-17(22)9-3-14)12-18-10-19(23-27-18)15-4-6-16(21)7-5-15/h2-9,18H,10-13H2,1H3. The lowest BCUT2D eigenvalue weighted by Crippen LogP contribution is -2.39. The van der Waals surface area contributed by atoms with Crippen LogP contribution in [0.25, 0.3) is 0 Å². The Morgan fingerprint density at radius 2 is 1.96 bits per heavy atom. The predicted octanol–water partition coefficient (Wildman–Crippen LogP) is 3.65. The highest BCUT2D eigenvalue weighted by molar-refractivity contribution is 6.30. The van der Waals surface area contributed by atoms with Gasteiger partial charge in [-0.2, -0.15) is 0 Å². The maximum absolute atomic E-state index is 13.1. The zero-order chi connectivity index (χ0) is 19.2. The van der Waals surface area contributed by atoms with E-state index in [1.165, 1.54) is 19.2 Å². The van der Waals surface area contributed by atoms with E-state index in [-0.39, 0.29) is 24.4 Å². The lowest BCUT2D eigenvalue weighted by atomic mass is 10.0. The Bertz CT molecular complexity index is 809. The molecule has 3 rings (SSSR count). The highest BCUT2D eigenvalue weighted by atomic mass is 35.5. The normalized spacial score (nSPS) is 16.0. The monoisotopic (exact) mass is 390 g/mol. The molecule has 2 aromatic rings. The number of rotatable bonds is 7. The summed E-state index contributed by atoms with van der Waals surface area (Å²) < 4.78 is 18.1. The van der Waals surface area contributed by atoms with Gasteiger partial charge in [0.05, 0.1) is 12.3 Å². The Balaban J connectivity index is 1.64. The number of nitrogens with zero attached hydrogens (tertiary/aromatic N) is 2. The molecule has 0 spiro atoms. The van der Waals surface area contributed by atoms with Crippen LogP contribution in [-0.4, -0.2) is 42.9 Å². The van der Waals surface area contributed by atoms with Crippen molar-refractivity contribution in [2.75, 3.05) is 20.3 Å². The Morgan fingerprint density at radius 1 is 1.26 bits per heavy atom. The van der Waals surface area contributed by atoms with E-state index < -0.39 is 0 Å². The van der Waals surface area contributed by atoms with Crippen LogP contribution in [0.5, 0.6) is 0 Å². The van der Waals surface area contributed by atoms with E-state index in [9.17, 15) is 9.18 Å². The molecule has 0 radical (unpaired) electrons. The lowest BCUT2D eigenvalue weighted by molar-refractivity contribution is -0.137. The summed E-state index contributed by atoms with van der Waals surface area (Å²) >= 11 is 5.92. The van der Waals surface area contributed by atoms with Crippen LogP contribution >= 0.6 is 11.6 Å². The lowest BCUT2D eigenvalue weighted by Gasteiger charge is -2.24. The van der Waals surface area contributed by atoms with Crippen LogP contribution in [-0.2, 0) is 20.9 Å². The van der Waals surface area contributed by atoms with Crippen LogP contribution in [0.4, 0.5) is 4.39 Å². The first-order valence-corrected chi connectivity index (χ1v) is 8.92. The highest BCUT2D eigenvalue weighted by Crippen LogP contribution is 2.20. The summed E-state index contributed by atoms with van der Waals surface area (Å²) in [5.74, 6) is -0.473. The fourth-order valence-electron chi connectivity index (χ4n) is 2.86. The summed E-state index contributed by atoms with van der Waals surface area (Å²) in [5.41, 5.74) is 2.59. The number of amides is 1. The molecule has 0 saturated heterocycles. The van der Waals surface area contributed by atoms with Gasteiger partial charge in [-0.25, -0.2) is 4.39 Å². The van der Waals surface area contributed by atoms with Gasteiger partial charge in [0.1, 0.15) is 12.4 Å². The molecule has 1 aliphatic rings. The second kappa shape index (κ2) is 8.97. The third-order valence-electron chi connectivity index (χ3n) is 4.24. The zero-order valence-corrected chi connectivity index (χ0v) is 15.7. The molecule has 1 unspecified atom stereocenters. The molecule has 5 nitrogen and oxygen atoms in total. The number of carbonyl (C=O) groups is 1. The average molecular weight is 391 g/mol. The van der Waals surface area contributed by atoms with E-state index >= 15 is 0 Å². The molecular formula is C20H20ClFN2O3. The molecule has 27 heavy (non-hydrogen) atoms. The first-order chi connectivity index (χ1) is 13.0. The van der Waals surface area contributed by atoms with Crippen LogP contribution in [0.1, 0.15) is 17.5 Å². The summed E-state index contributed by atoms with van der Waals surface area (Å²) in [5, 5.41) is 4.81. The van der Waals surface area contributed by atoms with Crippen LogP contribution in [0.3, 0.4) is 0 Å². The van der Waals surface area contributed by atoms with E-state index in [1.807, 2.05) is 12.1 Å². The van der Waals surface area contributed by atoms with Crippen molar-refractivity contribution < 1.29 is 18.8 Å². The van der Waals surface area contributed by atoms with Crippen LogP contribution in [0.15, 0.2) is 53.7 Å². The first kappa shape index (κ1) is 19.3.